The lowest BCUT2D eigenvalue weighted by Gasteiger charge is -2.13. The quantitative estimate of drug-likeness (QED) is 0.509. The maximum atomic E-state index is 4.43. The molecule has 0 aliphatic rings. The Bertz CT molecular complexity index is 434. The van der Waals surface area contributed by atoms with Crippen molar-refractivity contribution in [3.63, 3.8) is 0 Å². The minimum Gasteiger partial charge on any atom is -0.245 e. The van der Waals surface area contributed by atoms with E-state index in [4.69, 9.17) is 0 Å². The van der Waals surface area contributed by atoms with E-state index >= 15 is 0 Å². The minimum atomic E-state index is 0.458. The topological polar surface area (TPSA) is 25.8 Å². The molecule has 1 aromatic heterocycles. The third kappa shape index (κ3) is 3.75. The number of thiol groups is 1. The molecule has 17 heavy (non-hydrogen) atoms. The van der Waals surface area contributed by atoms with Gasteiger partial charge >= 0.3 is 0 Å². The molecule has 2 nitrogen and oxygen atoms in total. The van der Waals surface area contributed by atoms with E-state index in [-0.39, 0.29) is 0 Å². The van der Waals surface area contributed by atoms with Crippen LogP contribution in [0.5, 0.6) is 0 Å². The minimum absolute atomic E-state index is 0.458. The molecule has 0 radical (unpaired) electrons. The molecule has 0 amide bonds. The molecule has 0 N–H and O–H groups in total. The predicted molar refractivity (Wildman–Crippen MR) is 75.8 cm³/mol. The van der Waals surface area contributed by atoms with Crippen LogP contribution in [0.25, 0.3) is 0 Å². The first kappa shape index (κ1) is 12.5. The zero-order valence-electron chi connectivity index (χ0n) is 9.36. The van der Waals surface area contributed by atoms with Crippen molar-refractivity contribution in [2.24, 2.45) is 0 Å². The highest BCUT2D eigenvalue weighted by Crippen LogP contribution is 2.25. The van der Waals surface area contributed by atoms with Crippen LogP contribution in [0, 0.1) is 0 Å². The molecule has 0 fully saturated rings. The van der Waals surface area contributed by atoms with Crippen molar-refractivity contribution in [3.8, 4) is 0 Å². The summed E-state index contributed by atoms with van der Waals surface area (Å²) in [6, 6.07) is 12.4. The molecular formula is C13H14N2S2. The van der Waals surface area contributed by atoms with Crippen molar-refractivity contribution < 1.29 is 0 Å². The van der Waals surface area contributed by atoms with E-state index in [0.29, 0.717) is 5.92 Å². The number of aromatic nitrogens is 2. The summed E-state index contributed by atoms with van der Waals surface area (Å²) in [6.45, 7) is 0. The molecule has 1 heterocycles. The first-order chi connectivity index (χ1) is 8.40. The first-order valence-electron chi connectivity index (χ1n) is 5.45. The molecule has 2 aromatic rings. The third-order valence-electron chi connectivity index (χ3n) is 2.48. The fourth-order valence-electron chi connectivity index (χ4n) is 1.53. The third-order valence-corrected chi connectivity index (χ3v) is 4.03. The highest BCUT2D eigenvalue weighted by Gasteiger charge is 2.10. The Morgan fingerprint density at radius 2 is 2.00 bits per heavy atom. The summed E-state index contributed by atoms with van der Waals surface area (Å²) in [5, 5.41) is 1.02. The Hall–Kier alpha value is -1.00. The number of benzene rings is 1. The molecule has 4 heteroatoms. The monoisotopic (exact) mass is 262 g/mol. The van der Waals surface area contributed by atoms with Crippen LogP contribution in [-0.4, -0.2) is 21.5 Å². The van der Waals surface area contributed by atoms with Crippen LogP contribution in [0.15, 0.2) is 53.9 Å². The van der Waals surface area contributed by atoms with Gasteiger partial charge < -0.3 is 0 Å². The lowest BCUT2D eigenvalue weighted by Crippen LogP contribution is -2.03. The van der Waals surface area contributed by atoms with Crippen molar-refractivity contribution in [3.05, 3.63) is 54.5 Å². The van der Waals surface area contributed by atoms with Crippen LogP contribution in [0.2, 0.25) is 0 Å². The maximum absolute atomic E-state index is 4.43. The van der Waals surface area contributed by atoms with Gasteiger partial charge in [-0.05, 0) is 17.4 Å². The van der Waals surface area contributed by atoms with Gasteiger partial charge in [0.1, 0.15) is 6.33 Å². The summed E-state index contributed by atoms with van der Waals surface area (Å²) < 4.78 is 0. The van der Waals surface area contributed by atoms with Crippen LogP contribution < -0.4 is 0 Å². The number of nitrogens with zero attached hydrogens (tertiary/aromatic N) is 2. The molecular weight excluding hydrogens is 248 g/mol. The summed E-state index contributed by atoms with van der Waals surface area (Å²) in [5.41, 5.74) is 1.34. The summed E-state index contributed by atoms with van der Waals surface area (Å²) >= 11 is 6.18. The van der Waals surface area contributed by atoms with E-state index in [1.54, 1.807) is 24.3 Å². The summed E-state index contributed by atoms with van der Waals surface area (Å²) in [6.07, 6.45) is 3.36. The molecule has 0 bridgehead atoms. The molecule has 0 aliphatic carbocycles. The lowest BCUT2D eigenvalue weighted by molar-refractivity contribution is 0.895. The molecule has 1 aromatic carbocycles. The van der Waals surface area contributed by atoms with Crippen molar-refractivity contribution in [1.82, 2.24) is 9.97 Å². The molecule has 1 atom stereocenters. The number of rotatable bonds is 5. The van der Waals surface area contributed by atoms with E-state index in [2.05, 4.69) is 46.9 Å². The fraction of sp³-hybridized carbons (Fsp3) is 0.231. The lowest BCUT2D eigenvalue weighted by atomic mass is 10.0. The molecule has 0 saturated heterocycles. The molecule has 2 rings (SSSR count). The van der Waals surface area contributed by atoms with Gasteiger partial charge in [0.15, 0.2) is 0 Å². The zero-order chi connectivity index (χ0) is 11.9. The van der Waals surface area contributed by atoms with Crippen LogP contribution in [0.4, 0.5) is 0 Å². The number of thioether (sulfide) groups is 1. The Morgan fingerprint density at radius 3 is 2.65 bits per heavy atom. The predicted octanol–water partition coefficient (Wildman–Crippen LogP) is 3.28. The van der Waals surface area contributed by atoms with E-state index in [1.165, 1.54) is 5.56 Å². The van der Waals surface area contributed by atoms with Gasteiger partial charge in [-0.3, -0.25) is 0 Å². The van der Waals surface area contributed by atoms with E-state index in [0.717, 1.165) is 16.5 Å². The SMILES string of the molecule is SCC(CSc1ccncn1)c1ccccc1. The average Bonchev–Trinajstić information content (AvgIpc) is 2.42. The van der Waals surface area contributed by atoms with Crippen molar-refractivity contribution in [2.75, 3.05) is 11.5 Å². The zero-order valence-corrected chi connectivity index (χ0v) is 11.1. The smallest absolute Gasteiger partial charge is 0.116 e. The average molecular weight is 262 g/mol. The second-order valence-corrected chi connectivity index (χ2v) is 5.05. The molecule has 88 valence electrons. The first-order valence-corrected chi connectivity index (χ1v) is 7.06. The van der Waals surface area contributed by atoms with E-state index < -0.39 is 0 Å². The normalized spacial score (nSPS) is 12.3. The highest BCUT2D eigenvalue weighted by atomic mass is 32.2. The second-order valence-electron chi connectivity index (χ2n) is 3.65. The van der Waals surface area contributed by atoms with Crippen molar-refractivity contribution >= 4 is 24.4 Å². The maximum Gasteiger partial charge on any atom is 0.116 e. The van der Waals surface area contributed by atoms with Crippen LogP contribution in [0.3, 0.4) is 0 Å². The summed E-state index contributed by atoms with van der Waals surface area (Å²) in [7, 11) is 0. The molecule has 0 aliphatic heterocycles. The van der Waals surface area contributed by atoms with Gasteiger partial charge in [-0.1, -0.05) is 30.3 Å². The molecule has 1 unspecified atom stereocenters. The largest absolute Gasteiger partial charge is 0.245 e. The van der Waals surface area contributed by atoms with Crippen molar-refractivity contribution in [1.29, 1.82) is 0 Å². The van der Waals surface area contributed by atoms with Gasteiger partial charge in [-0.25, -0.2) is 9.97 Å². The van der Waals surface area contributed by atoms with Gasteiger partial charge in [-0.15, -0.1) is 11.8 Å². The van der Waals surface area contributed by atoms with Gasteiger partial charge in [-0.2, -0.15) is 12.6 Å². The van der Waals surface area contributed by atoms with E-state index in [9.17, 15) is 0 Å². The van der Waals surface area contributed by atoms with Gasteiger partial charge in [0.05, 0.1) is 5.03 Å². The Morgan fingerprint density at radius 1 is 1.18 bits per heavy atom. The van der Waals surface area contributed by atoms with Gasteiger partial charge in [0, 0.05) is 17.9 Å². The fourth-order valence-corrected chi connectivity index (χ4v) is 3.01. The van der Waals surface area contributed by atoms with Crippen LogP contribution >= 0.6 is 24.4 Å². The number of hydrogen-bond donors (Lipinski definition) is 1. The van der Waals surface area contributed by atoms with E-state index in [1.807, 2.05) is 12.1 Å². The summed E-state index contributed by atoms with van der Waals surface area (Å²) in [4.78, 5) is 8.12. The number of hydrogen-bond acceptors (Lipinski definition) is 4. The van der Waals surface area contributed by atoms with Crippen LogP contribution in [0.1, 0.15) is 11.5 Å². The Kier molecular flexibility index (Phi) is 4.88. The molecule has 0 saturated carbocycles. The standard InChI is InChI=1S/C13H14N2S2/c16-8-12(11-4-2-1-3-5-11)9-17-13-6-7-14-10-15-13/h1-7,10,12,16H,8-9H2. The van der Waals surface area contributed by atoms with Gasteiger partial charge in [0.25, 0.3) is 0 Å². The molecule has 0 spiro atoms. The Balaban J connectivity index is 1.97. The second kappa shape index (κ2) is 6.67. The highest BCUT2D eigenvalue weighted by molar-refractivity contribution is 7.99. The van der Waals surface area contributed by atoms with Crippen molar-refractivity contribution in [2.45, 2.75) is 10.9 Å². The van der Waals surface area contributed by atoms with Gasteiger partial charge in [0.2, 0.25) is 0 Å². The summed E-state index contributed by atoms with van der Waals surface area (Å²) in [5.74, 6) is 2.30. The Labute approximate surface area is 111 Å². The van der Waals surface area contributed by atoms with Crippen LogP contribution in [-0.2, 0) is 0 Å².